The standard InChI is InChI=1S/C15H14OS/c1-9-6-7-17-15(9)12-5-3-4-11-8-10(2)14(16)13(11)12/h3-7,10H,8H2,1-2H3. The molecule has 0 fully saturated rings. The van der Waals surface area contributed by atoms with Crippen LogP contribution in [0.2, 0.25) is 0 Å². The minimum atomic E-state index is 0.145. The number of benzene rings is 1. The highest BCUT2D eigenvalue weighted by atomic mass is 32.1. The Morgan fingerprint density at radius 2 is 2.12 bits per heavy atom. The Kier molecular flexibility index (Phi) is 2.40. The van der Waals surface area contributed by atoms with Crippen molar-refractivity contribution in [3.8, 4) is 10.4 Å². The number of hydrogen-bond acceptors (Lipinski definition) is 2. The maximum atomic E-state index is 12.2. The molecule has 0 spiro atoms. The number of carbonyl (C=O) groups excluding carboxylic acids is 1. The Hall–Kier alpha value is -1.41. The van der Waals surface area contributed by atoms with Crippen molar-refractivity contribution in [2.75, 3.05) is 0 Å². The first-order chi connectivity index (χ1) is 8.18. The number of thiophene rings is 1. The van der Waals surface area contributed by atoms with E-state index in [2.05, 4.69) is 36.6 Å². The lowest BCUT2D eigenvalue weighted by Crippen LogP contribution is -2.04. The van der Waals surface area contributed by atoms with E-state index < -0.39 is 0 Å². The van der Waals surface area contributed by atoms with Gasteiger partial charge >= 0.3 is 0 Å². The first-order valence-electron chi connectivity index (χ1n) is 5.89. The Morgan fingerprint density at radius 3 is 2.82 bits per heavy atom. The van der Waals surface area contributed by atoms with Crippen molar-refractivity contribution in [2.45, 2.75) is 20.3 Å². The molecule has 0 radical (unpaired) electrons. The summed E-state index contributed by atoms with van der Waals surface area (Å²) in [6.45, 7) is 4.13. The highest BCUT2D eigenvalue weighted by Crippen LogP contribution is 2.38. The fourth-order valence-corrected chi connectivity index (χ4v) is 3.53. The van der Waals surface area contributed by atoms with E-state index in [1.165, 1.54) is 16.0 Å². The summed E-state index contributed by atoms with van der Waals surface area (Å²) in [6, 6.07) is 8.34. The van der Waals surface area contributed by atoms with Gasteiger partial charge in [0.1, 0.15) is 0 Å². The van der Waals surface area contributed by atoms with Gasteiger partial charge in [-0.2, -0.15) is 0 Å². The van der Waals surface area contributed by atoms with Gasteiger partial charge in [-0.1, -0.05) is 25.1 Å². The van der Waals surface area contributed by atoms with Gasteiger partial charge in [-0.3, -0.25) is 4.79 Å². The Bertz CT molecular complexity index is 595. The molecule has 1 nitrogen and oxygen atoms in total. The van der Waals surface area contributed by atoms with Crippen LogP contribution in [0.3, 0.4) is 0 Å². The van der Waals surface area contributed by atoms with Crippen LogP contribution in [0.4, 0.5) is 0 Å². The van der Waals surface area contributed by atoms with Crippen LogP contribution >= 0.6 is 11.3 Å². The van der Waals surface area contributed by atoms with E-state index in [0.717, 1.165) is 17.5 Å². The lowest BCUT2D eigenvalue weighted by atomic mass is 9.99. The van der Waals surface area contributed by atoms with Crippen molar-refractivity contribution in [1.82, 2.24) is 0 Å². The quantitative estimate of drug-likeness (QED) is 0.736. The first-order valence-corrected chi connectivity index (χ1v) is 6.77. The second-order valence-corrected chi connectivity index (χ2v) is 5.66. The maximum absolute atomic E-state index is 12.2. The Morgan fingerprint density at radius 1 is 1.29 bits per heavy atom. The van der Waals surface area contributed by atoms with Crippen molar-refractivity contribution < 1.29 is 4.79 Å². The molecule has 1 aliphatic carbocycles. The molecule has 1 unspecified atom stereocenters. The topological polar surface area (TPSA) is 17.1 Å². The number of rotatable bonds is 1. The third-order valence-corrected chi connectivity index (χ3v) is 4.53. The molecule has 0 amide bonds. The van der Waals surface area contributed by atoms with Crippen LogP contribution in [0, 0.1) is 12.8 Å². The molecular formula is C15H14OS. The van der Waals surface area contributed by atoms with Crippen molar-refractivity contribution in [1.29, 1.82) is 0 Å². The smallest absolute Gasteiger partial charge is 0.166 e. The lowest BCUT2D eigenvalue weighted by Gasteiger charge is -2.06. The molecule has 0 bridgehead atoms. The van der Waals surface area contributed by atoms with Gasteiger partial charge in [0.2, 0.25) is 0 Å². The first kappa shape index (κ1) is 10.7. The summed E-state index contributed by atoms with van der Waals surface area (Å²) in [5.41, 5.74) is 4.57. The molecule has 86 valence electrons. The highest BCUT2D eigenvalue weighted by Gasteiger charge is 2.29. The number of hydrogen-bond donors (Lipinski definition) is 0. The molecule has 17 heavy (non-hydrogen) atoms. The lowest BCUT2D eigenvalue weighted by molar-refractivity contribution is 0.0947. The van der Waals surface area contributed by atoms with Crippen LogP contribution in [0.5, 0.6) is 0 Å². The van der Waals surface area contributed by atoms with Crippen LogP contribution in [-0.4, -0.2) is 5.78 Å². The van der Waals surface area contributed by atoms with E-state index in [-0.39, 0.29) is 5.92 Å². The summed E-state index contributed by atoms with van der Waals surface area (Å²) < 4.78 is 0. The molecule has 1 heterocycles. The van der Waals surface area contributed by atoms with E-state index >= 15 is 0 Å². The average molecular weight is 242 g/mol. The van der Waals surface area contributed by atoms with Gasteiger partial charge < -0.3 is 0 Å². The van der Waals surface area contributed by atoms with Gasteiger partial charge in [0.15, 0.2) is 5.78 Å². The predicted octanol–water partition coefficient (Wildman–Crippen LogP) is 4.10. The number of carbonyl (C=O) groups is 1. The normalized spacial score (nSPS) is 18.5. The van der Waals surface area contributed by atoms with Gasteiger partial charge in [0.05, 0.1) is 0 Å². The SMILES string of the molecule is Cc1ccsc1-c1cccc2c1C(=O)C(C)C2. The molecule has 2 heteroatoms. The zero-order chi connectivity index (χ0) is 12.0. The van der Waals surface area contributed by atoms with E-state index in [4.69, 9.17) is 0 Å². The Labute approximate surface area is 105 Å². The predicted molar refractivity (Wildman–Crippen MR) is 71.7 cm³/mol. The second kappa shape index (κ2) is 3.81. The summed E-state index contributed by atoms with van der Waals surface area (Å²) in [6.07, 6.45) is 0.895. The summed E-state index contributed by atoms with van der Waals surface area (Å²) in [5, 5.41) is 2.09. The average Bonchev–Trinajstić information content (AvgIpc) is 2.85. The number of Topliss-reactive ketones (excluding diaryl/α,β-unsaturated/α-hetero) is 1. The van der Waals surface area contributed by atoms with Gasteiger partial charge in [0, 0.05) is 21.9 Å². The number of ketones is 1. The molecule has 3 rings (SSSR count). The molecule has 2 aromatic rings. The van der Waals surface area contributed by atoms with Crippen LogP contribution in [0.1, 0.15) is 28.4 Å². The zero-order valence-electron chi connectivity index (χ0n) is 9.99. The van der Waals surface area contributed by atoms with Gasteiger partial charge in [-0.15, -0.1) is 11.3 Å². The van der Waals surface area contributed by atoms with Crippen LogP contribution in [0.25, 0.3) is 10.4 Å². The van der Waals surface area contributed by atoms with Crippen molar-refractivity contribution in [2.24, 2.45) is 5.92 Å². The summed E-state index contributed by atoms with van der Waals surface area (Å²) >= 11 is 1.72. The third-order valence-electron chi connectivity index (χ3n) is 3.48. The molecule has 0 aliphatic heterocycles. The van der Waals surface area contributed by atoms with Gasteiger partial charge in [-0.05, 0) is 35.9 Å². The second-order valence-electron chi connectivity index (χ2n) is 4.74. The Balaban J connectivity index is 2.25. The fraction of sp³-hybridized carbons (Fsp3) is 0.267. The summed E-state index contributed by atoms with van der Waals surface area (Å²) in [4.78, 5) is 13.5. The molecular weight excluding hydrogens is 228 g/mol. The number of fused-ring (bicyclic) bond motifs is 1. The number of aryl methyl sites for hydroxylation is 1. The molecule has 1 aromatic carbocycles. The molecule has 1 atom stereocenters. The van der Waals surface area contributed by atoms with E-state index in [1.54, 1.807) is 11.3 Å². The maximum Gasteiger partial charge on any atom is 0.166 e. The minimum Gasteiger partial charge on any atom is -0.294 e. The van der Waals surface area contributed by atoms with Crippen molar-refractivity contribution in [3.05, 3.63) is 46.3 Å². The van der Waals surface area contributed by atoms with Crippen LogP contribution < -0.4 is 0 Å². The summed E-state index contributed by atoms with van der Waals surface area (Å²) in [7, 11) is 0. The largest absolute Gasteiger partial charge is 0.294 e. The van der Waals surface area contributed by atoms with Crippen molar-refractivity contribution in [3.63, 3.8) is 0 Å². The van der Waals surface area contributed by atoms with Crippen LogP contribution in [0.15, 0.2) is 29.6 Å². The summed E-state index contributed by atoms with van der Waals surface area (Å²) in [5.74, 6) is 0.454. The minimum absolute atomic E-state index is 0.145. The molecule has 1 aromatic heterocycles. The highest BCUT2D eigenvalue weighted by molar-refractivity contribution is 7.13. The monoisotopic (exact) mass is 242 g/mol. The van der Waals surface area contributed by atoms with Crippen molar-refractivity contribution >= 4 is 17.1 Å². The molecule has 0 N–H and O–H groups in total. The van der Waals surface area contributed by atoms with E-state index in [9.17, 15) is 4.79 Å². The molecule has 0 saturated heterocycles. The fourth-order valence-electron chi connectivity index (χ4n) is 2.57. The third kappa shape index (κ3) is 1.55. The van der Waals surface area contributed by atoms with Gasteiger partial charge in [-0.25, -0.2) is 0 Å². The van der Waals surface area contributed by atoms with Crippen LogP contribution in [-0.2, 0) is 6.42 Å². The molecule has 0 saturated carbocycles. The van der Waals surface area contributed by atoms with Gasteiger partial charge in [0.25, 0.3) is 0 Å². The molecule has 1 aliphatic rings. The van der Waals surface area contributed by atoms with E-state index in [0.29, 0.717) is 5.78 Å². The zero-order valence-corrected chi connectivity index (χ0v) is 10.8. The van der Waals surface area contributed by atoms with E-state index in [1.807, 2.05) is 6.92 Å².